The molecular formula is C20H38F8O6Si2. The summed E-state index contributed by atoms with van der Waals surface area (Å²) in [5.41, 5.74) is -5.63. The lowest BCUT2D eigenvalue weighted by Gasteiger charge is -2.45. The number of hydrogen-bond acceptors (Lipinski definition) is 6. The van der Waals surface area contributed by atoms with Crippen LogP contribution in [0.15, 0.2) is 0 Å². The maximum Gasteiger partial charge on any atom is 0.510 e. The highest BCUT2D eigenvalue weighted by atomic mass is 28.4. The van der Waals surface area contributed by atoms with Gasteiger partial charge in [0.1, 0.15) is 0 Å². The Hall–Kier alpha value is -0.366. The van der Waals surface area contributed by atoms with E-state index < -0.39 is 52.4 Å². The van der Waals surface area contributed by atoms with Crippen molar-refractivity contribution in [1.29, 1.82) is 0 Å². The van der Waals surface area contributed by atoms with Gasteiger partial charge in [0.25, 0.3) is 0 Å². The van der Waals surface area contributed by atoms with Crippen molar-refractivity contribution in [2.24, 2.45) is 0 Å². The summed E-state index contributed by atoms with van der Waals surface area (Å²) in [6, 6.07) is 0. The summed E-state index contributed by atoms with van der Waals surface area (Å²) in [6.45, 7) is 6.83. The normalized spacial score (nSPS) is 16.3. The van der Waals surface area contributed by atoms with Crippen LogP contribution in [0.3, 0.4) is 0 Å². The maximum atomic E-state index is 15.2. The molecule has 218 valence electrons. The molecule has 2 unspecified atom stereocenters. The smallest absolute Gasteiger partial charge is 0.373 e. The molecule has 0 aliphatic carbocycles. The minimum atomic E-state index is -6.58. The average Bonchev–Trinajstić information content (AvgIpc) is 2.78. The minimum Gasteiger partial charge on any atom is -0.373 e. The highest BCUT2D eigenvalue weighted by Crippen LogP contribution is 2.61. The Morgan fingerprint density at radius 1 is 0.444 bits per heavy atom. The summed E-state index contributed by atoms with van der Waals surface area (Å²) in [6.07, 6.45) is 0. The highest BCUT2D eigenvalue weighted by molar-refractivity contribution is 6.63. The summed E-state index contributed by atoms with van der Waals surface area (Å²) in [4.78, 5) is 0. The molecule has 2 atom stereocenters. The van der Waals surface area contributed by atoms with Gasteiger partial charge in [-0.1, -0.05) is 13.8 Å². The molecule has 0 spiro atoms. The van der Waals surface area contributed by atoms with E-state index in [2.05, 4.69) is 0 Å². The molecule has 6 nitrogen and oxygen atoms in total. The van der Waals surface area contributed by atoms with Gasteiger partial charge in [0, 0.05) is 39.6 Å². The molecule has 36 heavy (non-hydrogen) atoms. The standard InChI is InChI=1S/C20H38F8O6Si2/c1-9-29-35(30-10-2,31-11-3)15(7)17(21,22)19(25,26)20(27,28)18(23,24)16(8)36(32-12-4,33-13-5)34-14-6/h15-16H,9-14H2,1-8H3. The van der Waals surface area contributed by atoms with Gasteiger partial charge in [0.05, 0.1) is 11.1 Å². The first-order valence-corrected chi connectivity index (χ1v) is 15.4. The SMILES string of the molecule is CCO[Si](OCC)(OCC)C(C)C(F)(F)C(F)(F)C(F)(F)C(F)(F)C(C)[Si](OCC)(OCC)OCC. The van der Waals surface area contributed by atoms with E-state index in [1.165, 1.54) is 41.5 Å². The molecule has 0 saturated heterocycles. The predicted molar refractivity (Wildman–Crippen MR) is 120 cm³/mol. The predicted octanol–water partition coefficient (Wildman–Crippen LogP) is 6.40. The molecule has 0 saturated carbocycles. The third-order valence-electron chi connectivity index (χ3n) is 5.45. The Morgan fingerprint density at radius 3 is 0.750 bits per heavy atom. The van der Waals surface area contributed by atoms with Gasteiger partial charge in [-0.25, -0.2) is 0 Å². The number of alkyl halides is 8. The van der Waals surface area contributed by atoms with Gasteiger partial charge >= 0.3 is 41.3 Å². The summed E-state index contributed by atoms with van der Waals surface area (Å²) >= 11 is 0. The Morgan fingerprint density at radius 2 is 0.611 bits per heavy atom. The molecule has 0 aromatic rings. The van der Waals surface area contributed by atoms with Crippen molar-refractivity contribution < 1.29 is 61.7 Å². The molecule has 0 aliphatic heterocycles. The van der Waals surface area contributed by atoms with E-state index in [-0.39, 0.29) is 39.6 Å². The second kappa shape index (κ2) is 13.6. The Labute approximate surface area is 209 Å². The molecule has 0 bridgehead atoms. The summed E-state index contributed by atoms with van der Waals surface area (Å²) in [5, 5.41) is 0. The van der Waals surface area contributed by atoms with E-state index >= 15 is 35.1 Å². The molecule has 0 aromatic heterocycles. The zero-order chi connectivity index (χ0) is 28.6. The average molecular weight is 583 g/mol. The van der Waals surface area contributed by atoms with E-state index in [0.717, 1.165) is 0 Å². The van der Waals surface area contributed by atoms with Gasteiger partial charge in [-0.3, -0.25) is 0 Å². The first-order valence-electron chi connectivity index (χ1n) is 11.8. The lowest BCUT2D eigenvalue weighted by molar-refractivity contribution is -0.369. The maximum absolute atomic E-state index is 15.2. The monoisotopic (exact) mass is 582 g/mol. The fourth-order valence-corrected chi connectivity index (χ4v) is 9.28. The first kappa shape index (κ1) is 35.6. The molecule has 16 heteroatoms. The van der Waals surface area contributed by atoms with Gasteiger partial charge in [0.15, 0.2) is 0 Å². The van der Waals surface area contributed by atoms with Crippen LogP contribution in [0.2, 0.25) is 11.1 Å². The molecule has 0 aromatic carbocycles. The summed E-state index contributed by atoms with van der Waals surface area (Å²) in [5.74, 6) is -24.7. The van der Waals surface area contributed by atoms with Crippen LogP contribution in [0, 0.1) is 0 Å². The van der Waals surface area contributed by atoms with Gasteiger partial charge < -0.3 is 26.6 Å². The molecule has 0 amide bonds. The van der Waals surface area contributed by atoms with Gasteiger partial charge in [0.2, 0.25) is 0 Å². The van der Waals surface area contributed by atoms with Crippen molar-refractivity contribution in [3.63, 3.8) is 0 Å². The molecule has 0 aliphatic rings. The fraction of sp³-hybridized carbons (Fsp3) is 1.00. The first-order chi connectivity index (χ1) is 16.4. The minimum absolute atomic E-state index is 0.340. The molecule has 0 rings (SSSR count). The van der Waals surface area contributed by atoms with Gasteiger partial charge in [-0.05, 0) is 41.5 Å². The Balaban J connectivity index is 6.77. The second-order valence-electron chi connectivity index (χ2n) is 7.64. The highest BCUT2D eigenvalue weighted by Gasteiger charge is 2.86. The molecular weight excluding hydrogens is 544 g/mol. The summed E-state index contributed by atoms with van der Waals surface area (Å²) in [7, 11) is -9.51. The lowest BCUT2D eigenvalue weighted by atomic mass is 9.95. The van der Waals surface area contributed by atoms with Crippen molar-refractivity contribution >= 4 is 17.6 Å². The molecule has 0 fully saturated rings. The van der Waals surface area contributed by atoms with Crippen molar-refractivity contribution in [2.45, 2.75) is 90.2 Å². The van der Waals surface area contributed by atoms with Gasteiger partial charge in [-0.2, -0.15) is 35.1 Å². The van der Waals surface area contributed by atoms with Crippen LogP contribution in [0.5, 0.6) is 0 Å². The van der Waals surface area contributed by atoms with E-state index in [1.807, 2.05) is 0 Å². The second-order valence-corrected chi connectivity index (χ2v) is 13.5. The summed E-state index contributed by atoms with van der Waals surface area (Å²) < 4.78 is 152. The van der Waals surface area contributed by atoms with E-state index in [4.69, 9.17) is 26.6 Å². The number of hydrogen-bond donors (Lipinski definition) is 0. The number of halogens is 8. The quantitative estimate of drug-likeness (QED) is 0.130. The molecule has 0 N–H and O–H groups in total. The van der Waals surface area contributed by atoms with E-state index in [0.29, 0.717) is 13.8 Å². The van der Waals surface area contributed by atoms with Crippen LogP contribution in [0.4, 0.5) is 35.1 Å². The fourth-order valence-electron chi connectivity index (χ4n) is 3.61. The third kappa shape index (κ3) is 6.43. The van der Waals surface area contributed by atoms with E-state index in [9.17, 15) is 0 Å². The van der Waals surface area contributed by atoms with Crippen molar-refractivity contribution in [1.82, 2.24) is 0 Å². The lowest BCUT2D eigenvalue weighted by Crippen LogP contribution is -2.70. The Kier molecular flexibility index (Phi) is 13.5. The third-order valence-corrected chi connectivity index (χ3v) is 12.4. The van der Waals surface area contributed by atoms with Crippen molar-refractivity contribution in [3.8, 4) is 0 Å². The van der Waals surface area contributed by atoms with Crippen LogP contribution in [0.1, 0.15) is 55.4 Å². The van der Waals surface area contributed by atoms with Crippen molar-refractivity contribution in [2.75, 3.05) is 39.6 Å². The van der Waals surface area contributed by atoms with Crippen molar-refractivity contribution in [3.05, 3.63) is 0 Å². The van der Waals surface area contributed by atoms with E-state index in [1.54, 1.807) is 0 Å². The topological polar surface area (TPSA) is 55.4 Å². The van der Waals surface area contributed by atoms with Crippen LogP contribution in [-0.4, -0.2) is 80.9 Å². The van der Waals surface area contributed by atoms with Crippen LogP contribution < -0.4 is 0 Å². The van der Waals surface area contributed by atoms with Crippen LogP contribution >= 0.6 is 0 Å². The van der Waals surface area contributed by atoms with Gasteiger partial charge in [-0.15, -0.1) is 0 Å². The molecule has 0 radical (unpaired) electrons. The van der Waals surface area contributed by atoms with Crippen LogP contribution in [-0.2, 0) is 26.6 Å². The molecule has 0 heterocycles. The van der Waals surface area contributed by atoms with Crippen LogP contribution in [0.25, 0.3) is 0 Å². The number of rotatable bonds is 19. The zero-order valence-electron chi connectivity index (χ0n) is 21.9. The zero-order valence-corrected chi connectivity index (χ0v) is 23.9. The Bertz CT molecular complexity index is 572. The largest absolute Gasteiger partial charge is 0.510 e.